The Morgan fingerprint density at radius 1 is 1.36 bits per heavy atom. The SMILES string of the molecule is CCc1nc([C@@H]2CN(C(=O)[C@H]3CC(=O)N(CC4CC4)C3)CCO2)n[nH]1. The minimum atomic E-state index is -0.297. The maximum atomic E-state index is 12.9. The minimum Gasteiger partial charge on any atom is -0.366 e. The van der Waals surface area contributed by atoms with Crippen molar-refractivity contribution in [3.8, 4) is 0 Å². The molecule has 0 aromatic carbocycles. The number of nitrogens with zero attached hydrogens (tertiary/aromatic N) is 4. The van der Waals surface area contributed by atoms with Gasteiger partial charge in [0, 0.05) is 32.5 Å². The highest BCUT2D eigenvalue weighted by Crippen LogP contribution is 2.32. The summed E-state index contributed by atoms with van der Waals surface area (Å²) in [6.07, 6.45) is 3.25. The molecule has 0 radical (unpaired) electrons. The first kappa shape index (κ1) is 16.5. The van der Waals surface area contributed by atoms with Crippen molar-refractivity contribution in [1.29, 1.82) is 0 Å². The highest BCUT2D eigenvalue weighted by molar-refractivity contribution is 5.89. The molecule has 25 heavy (non-hydrogen) atoms. The van der Waals surface area contributed by atoms with Crippen molar-refractivity contribution in [2.24, 2.45) is 11.8 Å². The number of morpholine rings is 1. The molecule has 1 N–H and O–H groups in total. The van der Waals surface area contributed by atoms with Crippen molar-refractivity contribution >= 4 is 11.8 Å². The lowest BCUT2D eigenvalue weighted by atomic mass is 10.1. The summed E-state index contributed by atoms with van der Waals surface area (Å²) in [6, 6.07) is 0. The zero-order chi connectivity index (χ0) is 17.4. The van der Waals surface area contributed by atoms with Gasteiger partial charge in [0.05, 0.1) is 19.1 Å². The number of aromatic nitrogens is 3. The van der Waals surface area contributed by atoms with Crippen molar-refractivity contribution in [3.05, 3.63) is 11.6 Å². The lowest BCUT2D eigenvalue weighted by Crippen LogP contribution is -2.45. The Morgan fingerprint density at radius 2 is 2.20 bits per heavy atom. The number of nitrogens with one attached hydrogen (secondary N) is 1. The van der Waals surface area contributed by atoms with E-state index in [-0.39, 0.29) is 23.8 Å². The number of hydrogen-bond acceptors (Lipinski definition) is 5. The minimum absolute atomic E-state index is 0.0613. The number of ether oxygens (including phenoxy) is 1. The van der Waals surface area contributed by atoms with Crippen molar-refractivity contribution in [1.82, 2.24) is 25.0 Å². The maximum Gasteiger partial charge on any atom is 0.228 e. The van der Waals surface area contributed by atoms with Crippen LogP contribution in [0.25, 0.3) is 0 Å². The van der Waals surface area contributed by atoms with Gasteiger partial charge in [-0.25, -0.2) is 4.98 Å². The van der Waals surface area contributed by atoms with Gasteiger partial charge >= 0.3 is 0 Å². The van der Waals surface area contributed by atoms with E-state index < -0.39 is 0 Å². The second-order valence-electron chi connectivity index (χ2n) is 7.28. The molecule has 4 rings (SSSR count). The number of aromatic amines is 1. The van der Waals surface area contributed by atoms with Gasteiger partial charge in [-0.1, -0.05) is 6.92 Å². The van der Waals surface area contributed by atoms with Gasteiger partial charge in [0.25, 0.3) is 0 Å². The molecular weight excluding hydrogens is 322 g/mol. The average molecular weight is 347 g/mol. The van der Waals surface area contributed by atoms with Crippen LogP contribution < -0.4 is 0 Å². The number of hydrogen-bond donors (Lipinski definition) is 1. The Labute approximate surface area is 146 Å². The van der Waals surface area contributed by atoms with Crippen molar-refractivity contribution in [2.45, 2.75) is 38.7 Å². The normalized spacial score (nSPS) is 27.2. The van der Waals surface area contributed by atoms with E-state index in [1.54, 1.807) is 0 Å². The number of carbonyl (C=O) groups excluding carboxylic acids is 2. The molecule has 136 valence electrons. The van der Waals surface area contributed by atoms with Gasteiger partial charge in [-0.15, -0.1) is 0 Å². The molecule has 1 aliphatic carbocycles. The Hall–Kier alpha value is -1.96. The van der Waals surface area contributed by atoms with E-state index in [9.17, 15) is 9.59 Å². The number of aryl methyl sites for hydroxylation is 1. The van der Waals surface area contributed by atoms with Gasteiger partial charge in [0.2, 0.25) is 11.8 Å². The lowest BCUT2D eigenvalue weighted by molar-refractivity contribution is -0.143. The third-order valence-corrected chi connectivity index (χ3v) is 5.29. The monoisotopic (exact) mass is 347 g/mol. The molecule has 3 aliphatic rings. The Kier molecular flexibility index (Phi) is 4.45. The summed E-state index contributed by atoms with van der Waals surface area (Å²) >= 11 is 0. The standard InChI is InChI=1S/C17H25N5O3/c1-2-14-18-16(20-19-14)13-10-21(5-6-25-13)17(24)12-7-15(23)22(9-12)8-11-3-4-11/h11-13H,2-10H2,1H3,(H,18,19,20)/t12-,13-/m0/s1. The van der Waals surface area contributed by atoms with Gasteiger partial charge in [0.1, 0.15) is 11.9 Å². The van der Waals surface area contributed by atoms with Crippen LogP contribution in [0.2, 0.25) is 0 Å². The first-order chi connectivity index (χ1) is 12.1. The fourth-order valence-corrected chi connectivity index (χ4v) is 3.60. The third-order valence-electron chi connectivity index (χ3n) is 5.29. The van der Waals surface area contributed by atoms with Crippen LogP contribution in [0.15, 0.2) is 0 Å². The molecule has 1 aromatic rings. The predicted octanol–water partition coefficient (Wildman–Crippen LogP) is 0.526. The molecule has 2 saturated heterocycles. The molecule has 2 amide bonds. The highest BCUT2D eigenvalue weighted by atomic mass is 16.5. The summed E-state index contributed by atoms with van der Waals surface area (Å²) in [7, 11) is 0. The van der Waals surface area contributed by atoms with Crippen molar-refractivity contribution in [2.75, 3.05) is 32.8 Å². The van der Waals surface area contributed by atoms with Crippen LogP contribution in [-0.2, 0) is 20.7 Å². The molecule has 3 fully saturated rings. The van der Waals surface area contributed by atoms with Crippen LogP contribution in [-0.4, -0.2) is 69.6 Å². The van der Waals surface area contributed by atoms with Crippen LogP contribution in [0, 0.1) is 11.8 Å². The predicted molar refractivity (Wildman–Crippen MR) is 88.4 cm³/mol. The first-order valence-corrected chi connectivity index (χ1v) is 9.23. The molecule has 8 heteroatoms. The second-order valence-corrected chi connectivity index (χ2v) is 7.28. The molecule has 3 heterocycles. The number of carbonyl (C=O) groups is 2. The quantitative estimate of drug-likeness (QED) is 0.839. The van der Waals surface area contributed by atoms with Gasteiger partial charge in [-0.05, 0) is 18.8 Å². The summed E-state index contributed by atoms with van der Waals surface area (Å²) < 4.78 is 5.75. The molecule has 0 spiro atoms. The maximum absolute atomic E-state index is 12.9. The van der Waals surface area contributed by atoms with Gasteiger partial charge < -0.3 is 14.5 Å². The smallest absolute Gasteiger partial charge is 0.228 e. The fraction of sp³-hybridized carbons (Fsp3) is 0.765. The lowest BCUT2D eigenvalue weighted by Gasteiger charge is -2.33. The first-order valence-electron chi connectivity index (χ1n) is 9.23. The third kappa shape index (κ3) is 3.53. The molecule has 1 saturated carbocycles. The second kappa shape index (κ2) is 6.74. The van der Waals surface area contributed by atoms with Crippen molar-refractivity contribution < 1.29 is 14.3 Å². The van der Waals surface area contributed by atoms with Crippen LogP contribution in [0.4, 0.5) is 0 Å². The summed E-state index contributed by atoms with van der Waals surface area (Å²) in [6.45, 7) is 4.88. The average Bonchev–Trinajstić information content (AvgIpc) is 3.18. The summed E-state index contributed by atoms with van der Waals surface area (Å²) in [5.41, 5.74) is 0. The molecule has 2 aliphatic heterocycles. The van der Waals surface area contributed by atoms with Crippen molar-refractivity contribution in [3.63, 3.8) is 0 Å². The molecule has 0 unspecified atom stereocenters. The number of amides is 2. The van der Waals surface area contributed by atoms with Gasteiger partial charge in [-0.3, -0.25) is 14.7 Å². The summed E-state index contributed by atoms with van der Waals surface area (Å²) in [5.74, 6) is 2.04. The number of likely N-dealkylation sites (tertiary alicyclic amines) is 1. The topological polar surface area (TPSA) is 91.4 Å². The Morgan fingerprint density at radius 3 is 2.92 bits per heavy atom. The van der Waals surface area contributed by atoms with E-state index in [1.807, 2.05) is 16.7 Å². The van der Waals surface area contributed by atoms with Gasteiger partial charge in [0.15, 0.2) is 5.82 Å². The molecular formula is C17H25N5O3. The zero-order valence-electron chi connectivity index (χ0n) is 14.6. The van der Waals surface area contributed by atoms with Crippen LogP contribution >= 0.6 is 0 Å². The van der Waals surface area contributed by atoms with E-state index >= 15 is 0 Å². The Balaban J connectivity index is 1.37. The van der Waals surface area contributed by atoms with E-state index in [2.05, 4.69) is 15.2 Å². The highest BCUT2D eigenvalue weighted by Gasteiger charge is 2.40. The van der Waals surface area contributed by atoms with E-state index in [0.717, 1.165) is 18.8 Å². The molecule has 8 nitrogen and oxygen atoms in total. The largest absolute Gasteiger partial charge is 0.366 e. The molecule has 2 atom stereocenters. The van der Waals surface area contributed by atoms with E-state index in [4.69, 9.17) is 4.74 Å². The van der Waals surface area contributed by atoms with Crippen LogP contribution in [0.5, 0.6) is 0 Å². The van der Waals surface area contributed by atoms with E-state index in [1.165, 1.54) is 12.8 Å². The Bertz CT molecular complexity index is 656. The number of rotatable bonds is 5. The van der Waals surface area contributed by atoms with Crippen LogP contribution in [0.1, 0.15) is 43.9 Å². The fourth-order valence-electron chi connectivity index (χ4n) is 3.60. The van der Waals surface area contributed by atoms with Crippen LogP contribution in [0.3, 0.4) is 0 Å². The zero-order valence-corrected chi connectivity index (χ0v) is 14.6. The molecule has 1 aromatic heterocycles. The molecule has 0 bridgehead atoms. The number of H-pyrrole nitrogens is 1. The summed E-state index contributed by atoms with van der Waals surface area (Å²) in [4.78, 5) is 33.1. The van der Waals surface area contributed by atoms with Gasteiger partial charge in [-0.2, -0.15) is 5.10 Å². The van der Waals surface area contributed by atoms with E-state index in [0.29, 0.717) is 44.4 Å². The summed E-state index contributed by atoms with van der Waals surface area (Å²) in [5, 5.41) is 7.10.